The first-order valence-electron chi connectivity index (χ1n) is 5.53. The fraction of sp³-hybridized carbons (Fsp3) is 0.167. The lowest BCUT2D eigenvalue weighted by molar-refractivity contribution is 0.0524. The molecule has 17 heavy (non-hydrogen) atoms. The van der Waals surface area contributed by atoms with Gasteiger partial charge in [0.15, 0.2) is 0 Å². The molecule has 0 amide bonds. The number of carbonyl (C=O) groups is 1. The normalized spacial score (nSPS) is 11.3. The maximum Gasteiger partial charge on any atom is 0.343 e. The van der Waals surface area contributed by atoms with E-state index < -0.39 is 11.4 Å². The highest BCUT2D eigenvalue weighted by molar-refractivity contribution is 14.1. The Morgan fingerprint density at radius 1 is 1.65 bits per heavy atom. The summed E-state index contributed by atoms with van der Waals surface area (Å²) in [5.74, 6) is -0.647. The van der Waals surface area contributed by atoms with Crippen molar-refractivity contribution in [1.29, 1.82) is 0 Å². The molecule has 0 saturated heterocycles. The molecule has 2 rings (SSSR count). The van der Waals surface area contributed by atoms with Crippen LogP contribution in [0.2, 0.25) is 0 Å². The lowest BCUT2D eigenvalue weighted by Crippen LogP contribution is -2.18. The van der Waals surface area contributed by atoms with Crippen molar-refractivity contribution in [2.75, 3.05) is 6.61 Å². The smallest absolute Gasteiger partial charge is 0.343 e. The quantitative estimate of drug-likeness (QED) is 0.672. The molecular formula is C12H10INO3. The zero-order chi connectivity index (χ0) is 13.3. The molecule has 0 aliphatic rings. The second kappa shape index (κ2) is 4.87. The van der Waals surface area contributed by atoms with Crippen LogP contribution in [0.5, 0.6) is 0 Å². The first kappa shape index (κ1) is 10.8. The fourth-order valence-electron chi connectivity index (χ4n) is 1.49. The van der Waals surface area contributed by atoms with Crippen molar-refractivity contribution >= 4 is 39.5 Å². The van der Waals surface area contributed by atoms with E-state index in [1.165, 1.54) is 12.3 Å². The molecule has 2 aromatic rings. The van der Waals surface area contributed by atoms with E-state index in [0.717, 1.165) is 3.57 Å². The molecule has 0 fully saturated rings. The van der Waals surface area contributed by atoms with Crippen molar-refractivity contribution in [2.24, 2.45) is 0 Å². The molecule has 4 nitrogen and oxygen atoms in total. The van der Waals surface area contributed by atoms with Gasteiger partial charge in [-0.1, -0.05) is 0 Å². The topological polar surface area (TPSA) is 59.2 Å². The number of esters is 1. The summed E-state index contributed by atoms with van der Waals surface area (Å²) in [7, 11) is 0. The van der Waals surface area contributed by atoms with Gasteiger partial charge in [0, 0.05) is 15.2 Å². The van der Waals surface area contributed by atoms with E-state index in [2.05, 4.69) is 4.98 Å². The van der Waals surface area contributed by atoms with E-state index in [1.54, 1.807) is 13.0 Å². The largest absolute Gasteiger partial charge is 0.462 e. The number of aromatic amines is 1. The van der Waals surface area contributed by atoms with Gasteiger partial charge < -0.3 is 9.72 Å². The summed E-state index contributed by atoms with van der Waals surface area (Å²) in [6.45, 7) is 1.89. The minimum absolute atomic E-state index is 0.0371. The standard InChI is InChI=1S/C12H10INO3/c1-2-17-12(16)9-6-14-10-5-7(13)3-4-8(10)11(9)15/h3-6H,2H2,1H3,(H,14,15)/i3D. The minimum atomic E-state index is -0.647. The van der Waals surface area contributed by atoms with Gasteiger partial charge >= 0.3 is 5.97 Å². The summed E-state index contributed by atoms with van der Waals surface area (Å²) < 4.78 is 13.2. The number of ether oxygens (including phenoxy) is 1. The predicted molar refractivity (Wildman–Crippen MR) is 73.2 cm³/mol. The van der Waals surface area contributed by atoms with Crippen LogP contribution in [0.4, 0.5) is 0 Å². The van der Waals surface area contributed by atoms with Gasteiger partial charge in [-0.05, 0) is 47.7 Å². The molecule has 0 aliphatic heterocycles. The Balaban J connectivity index is 2.68. The van der Waals surface area contributed by atoms with E-state index in [1.807, 2.05) is 22.6 Å². The third-order valence-corrected chi connectivity index (χ3v) is 2.90. The third kappa shape index (κ3) is 2.33. The molecule has 0 radical (unpaired) electrons. The van der Waals surface area contributed by atoms with Crippen molar-refractivity contribution in [2.45, 2.75) is 6.92 Å². The van der Waals surface area contributed by atoms with Crippen molar-refractivity contribution in [3.63, 3.8) is 0 Å². The van der Waals surface area contributed by atoms with Crippen LogP contribution in [-0.2, 0) is 4.74 Å². The van der Waals surface area contributed by atoms with Gasteiger partial charge in [-0.15, -0.1) is 0 Å². The van der Waals surface area contributed by atoms with Crippen LogP contribution in [0.3, 0.4) is 0 Å². The number of pyridine rings is 1. The summed E-state index contributed by atoms with van der Waals surface area (Å²) in [6.07, 6.45) is 1.35. The second-order valence-electron chi connectivity index (χ2n) is 3.36. The summed E-state index contributed by atoms with van der Waals surface area (Å²) in [6, 6.07) is 3.42. The van der Waals surface area contributed by atoms with Crippen LogP contribution < -0.4 is 5.43 Å². The van der Waals surface area contributed by atoms with Crippen molar-refractivity contribution in [1.82, 2.24) is 4.98 Å². The molecular weight excluding hydrogens is 333 g/mol. The maximum atomic E-state index is 12.1. The van der Waals surface area contributed by atoms with Crippen molar-refractivity contribution in [3.8, 4) is 0 Å². The van der Waals surface area contributed by atoms with Gasteiger partial charge in [-0.3, -0.25) is 4.79 Å². The lowest BCUT2D eigenvalue weighted by Gasteiger charge is -2.03. The van der Waals surface area contributed by atoms with E-state index in [4.69, 9.17) is 6.11 Å². The molecule has 0 spiro atoms. The van der Waals surface area contributed by atoms with E-state index in [-0.39, 0.29) is 18.2 Å². The van der Waals surface area contributed by atoms with Crippen LogP contribution in [0.15, 0.2) is 29.2 Å². The molecule has 0 saturated carbocycles. The highest BCUT2D eigenvalue weighted by Crippen LogP contribution is 2.13. The number of H-pyrrole nitrogens is 1. The number of rotatable bonds is 2. The monoisotopic (exact) mass is 344 g/mol. The maximum absolute atomic E-state index is 12.1. The average molecular weight is 344 g/mol. The van der Waals surface area contributed by atoms with Crippen LogP contribution in [0, 0.1) is 3.57 Å². The third-order valence-electron chi connectivity index (χ3n) is 2.27. The van der Waals surface area contributed by atoms with Crippen molar-refractivity contribution < 1.29 is 10.9 Å². The SMILES string of the molecule is [2H]c1cc2c(=O)c(C(=O)OCC)c[nH]c2cc1I. The molecule has 1 heterocycles. The van der Waals surface area contributed by atoms with Crippen LogP contribution in [0.1, 0.15) is 18.7 Å². The number of carbonyl (C=O) groups excluding carboxylic acids is 1. The average Bonchev–Trinajstić information content (AvgIpc) is 2.32. The Bertz CT molecular complexity index is 681. The summed E-state index contributed by atoms with van der Waals surface area (Å²) in [4.78, 5) is 26.6. The number of fused-ring (bicyclic) bond motifs is 1. The molecule has 0 atom stereocenters. The molecule has 0 unspecified atom stereocenters. The predicted octanol–water partition coefficient (Wildman–Crippen LogP) is 2.31. The van der Waals surface area contributed by atoms with E-state index in [0.29, 0.717) is 10.9 Å². The Kier molecular flexibility index (Phi) is 3.08. The Hall–Kier alpha value is -1.37. The van der Waals surface area contributed by atoms with Crippen LogP contribution in [-0.4, -0.2) is 17.6 Å². The molecule has 1 aromatic carbocycles. The molecule has 88 valence electrons. The summed E-state index contributed by atoms with van der Waals surface area (Å²) >= 11 is 2.02. The first-order valence-corrected chi connectivity index (χ1v) is 6.11. The Morgan fingerprint density at radius 2 is 2.41 bits per heavy atom. The fourth-order valence-corrected chi connectivity index (χ4v) is 1.96. The number of hydrogen-bond acceptors (Lipinski definition) is 3. The number of hydrogen-bond donors (Lipinski definition) is 1. The highest BCUT2D eigenvalue weighted by Gasteiger charge is 2.13. The number of benzene rings is 1. The van der Waals surface area contributed by atoms with Gasteiger partial charge in [0.2, 0.25) is 5.43 Å². The molecule has 5 heteroatoms. The molecule has 0 aliphatic carbocycles. The van der Waals surface area contributed by atoms with Crippen LogP contribution in [0.25, 0.3) is 10.9 Å². The van der Waals surface area contributed by atoms with Gasteiger partial charge in [0.1, 0.15) is 5.56 Å². The Morgan fingerprint density at radius 3 is 3.12 bits per heavy atom. The number of halogens is 1. The zero-order valence-corrected chi connectivity index (χ0v) is 11.2. The van der Waals surface area contributed by atoms with E-state index in [9.17, 15) is 9.59 Å². The van der Waals surface area contributed by atoms with E-state index >= 15 is 0 Å². The van der Waals surface area contributed by atoms with Gasteiger partial charge in [-0.25, -0.2) is 4.79 Å². The number of nitrogens with one attached hydrogen (secondary N) is 1. The van der Waals surface area contributed by atoms with Gasteiger partial charge in [0.05, 0.1) is 13.5 Å². The molecule has 0 bridgehead atoms. The summed E-state index contributed by atoms with van der Waals surface area (Å²) in [5, 5.41) is 0.325. The molecule has 1 aromatic heterocycles. The number of aromatic nitrogens is 1. The Labute approximate surface area is 113 Å². The zero-order valence-electron chi connectivity index (χ0n) is 10.0. The van der Waals surface area contributed by atoms with Gasteiger partial charge in [0.25, 0.3) is 0 Å². The summed E-state index contributed by atoms with van der Waals surface area (Å²) in [5.41, 5.74) is 0.158. The van der Waals surface area contributed by atoms with Gasteiger partial charge in [-0.2, -0.15) is 0 Å². The first-order chi connectivity index (χ1) is 8.54. The van der Waals surface area contributed by atoms with Crippen molar-refractivity contribution in [3.05, 3.63) is 43.7 Å². The second-order valence-corrected chi connectivity index (χ2v) is 4.52. The highest BCUT2D eigenvalue weighted by atomic mass is 127. The lowest BCUT2D eigenvalue weighted by atomic mass is 10.1. The molecule has 1 N–H and O–H groups in total. The minimum Gasteiger partial charge on any atom is -0.462 e. The van der Waals surface area contributed by atoms with Crippen LogP contribution >= 0.6 is 22.6 Å².